The average Bonchev–Trinajstić information content (AvgIpc) is 2.40. The molecule has 2 aliphatic rings. The van der Waals surface area contributed by atoms with Crippen LogP contribution in [0.4, 0.5) is 0 Å². The van der Waals surface area contributed by atoms with Gasteiger partial charge in [0.1, 0.15) is 11.4 Å². The Kier molecular flexibility index (Phi) is 3.53. The van der Waals surface area contributed by atoms with E-state index in [4.69, 9.17) is 4.74 Å². The van der Waals surface area contributed by atoms with Gasteiger partial charge in [-0.15, -0.1) is 0 Å². The van der Waals surface area contributed by atoms with Gasteiger partial charge in [0.05, 0.1) is 6.10 Å². The molecule has 1 saturated carbocycles. The maximum atomic E-state index is 10.5. The van der Waals surface area contributed by atoms with Crippen molar-refractivity contribution in [2.45, 2.75) is 64.6 Å². The number of benzene rings is 1. The predicted octanol–water partition coefficient (Wildman–Crippen LogP) is 4.40. The smallest absolute Gasteiger partial charge is 0.125 e. The van der Waals surface area contributed by atoms with Crippen LogP contribution in [0.25, 0.3) is 0 Å². The van der Waals surface area contributed by atoms with E-state index in [0.29, 0.717) is 5.92 Å². The Morgan fingerprint density at radius 2 is 2.10 bits per heavy atom. The Balaban J connectivity index is 1.88. The number of fused-ring (bicyclic) bond motifs is 1. The molecule has 0 bridgehead atoms. The molecule has 0 aromatic heterocycles. The fourth-order valence-corrected chi connectivity index (χ4v) is 3.97. The minimum atomic E-state index is -0.371. The molecule has 20 heavy (non-hydrogen) atoms. The van der Waals surface area contributed by atoms with E-state index in [9.17, 15) is 5.11 Å². The first kappa shape index (κ1) is 13.9. The third-order valence-electron chi connectivity index (χ3n) is 5.20. The third kappa shape index (κ3) is 2.46. The predicted molar refractivity (Wildman–Crippen MR) is 80.9 cm³/mol. The fraction of sp³-hybridized carbons (Fsp3) is 0.667. The number of hydrogen-bond donors (Lipinski definition) is 1. The van der Waals surface area contributed by atoms with Crippen molar-refractivity contribution >= 4 is 0 Å². The first-order valence-corrected chi connectivity index (χ1v) is 7.97. The van der Waals surface area contributed by atoms with Crippen LogP contribution in [-0.4, -0.2) is 10.7 Å². The number of rotatable bonds is 1. The molecule has 0 radical (unpaired) electrons. The molecule has 1 aromatic carbocycles. The van der Waals surface area contributed by atoms with E-state index >= 15 is 0 Å². The Bertz CT molecular complexity index is 494. The van der Waals surface area contributed by atoms with Crippen LogP contribution in [0.3, 0.4) is 0 Å². The largest absolute Gasteiger partial charge is 0.487 e. The maximum Gasteiger partial charge on any atom is 0.125 e. The van der Waals surface area contributed by atoms with Gasteiger partial charge in [-0.1, -0.05) is 25.5 Å². The quantitative estimate of drug-likeness (QED) is 0.822. The van der Waals surface area contributed by atoms with Gasteiger partial charge < -0.3 is 9.84 Å². The van der Waals surface area contributed by atoms with E-state index < -0.39 is 0 Å². The van der Waals surface area contributed by atoms with E-state index in [0.717, 1.165) is 36.5 Å². The summed E-state index contributed by atoms with van der Waals surface area (Å²) < 4.78 is 6.41. The molecule has 0 amide bonds. The van der Waals surface area contributed by atoms with Gasteiger partial charge in [-0.2, -0.15) is 0 Å². The third-order valence-corrected chi connectivity index (χ3v) is 5.20. The van der Waals surface area contributed by atoms with Crippen LogP contribution in [0.5, 0.6) is 5.75 Å². The number of aryl methyl sites for hydroxylation is 1. The molecule has 110 valence electrons. The molecular formula is C18H26O2. The van der Waals surface area contributed by atoms with Gasteiger partial charge in [-0.05, 0) is 56.6 Å². The van der Waals surface area contributed by atoms with Crippen molar-refractivity contribution in [3.63, 3.8) is 0 Å². The molecule has 2 heteroatoms. The second kappa shape index (κ2) is 5.07. The summed E-state index contributed by atoms with van der Waals surface area (Å²) >= 11 is 0. The Morgan fingerprint density at radius 3 is 2.85 bits per heavy atom. The second-order valence-electron chi connectivity index (χ2n) is 7.15. The van der Waals surface area contributed by atoms with Crippen LogP contribution >= 0.6 is 0 Å². The lowest BCUT2D eigenvalue weighted by molar-refractivity contribution is -0.0573. The van der Waals surface area contributed by atoms with Gasteiger partial charge in [0.25, 0.3) is 0 Å². The average molecular weight is 274 g/mol. The van der Waals surface area contributed by atoms with Crippen LogP contribution in [0.2, 0.25) is 0 Å². The Labute approximate surface area is 122 Å². The summed E-state index contributed by atoms with van der Waals surface area (Å²) in [6.07, 6.45) is 5.09. The second-order valence-corrected chi connectivity index (χ2v) is 7.15. The van der Waals surface area contributed by atoms with Gasteiger partial charge in [0.2, 0.25) is 0 Å². The molecule has 1 aliphatic heterocycles. The van der Waals surface area contributed by atoms with E-state index in [-0.39, 0.29) is 11.7 Å². The molecule has 3 unspecified atom stereocenters. The lowest BCUT2D eigenvalue weighted by Crippen LogP contribution is -2.45. The number of ether oxygens (including phenoxy) is 1. The van der Waals surface area contributed by atoms with Crippen molar-refractivity contribution < 1.29 is 9.84 Å². The van der Waals surface area contributed by atoms with Crippen LogP contribution in [0.15, 0.2) is 18.2 Å². The lowest BCUT2D eigenvalue weighted by atomic mass is 9.70. The summed E-state index contributed by atoms with van der Waals surface area (Å²) in [5.74, 6) is 2.33. The number of aliphatic hydroxyl groups is 1. The van der Waals surface area contributed by atoms with Crippen molar-refractivity contribution in [1.82, 2.24) is 0 Å². The molecule has 1 aromatic rings. The van der Waals surface area contributed by atoms with Gasteiger partial charge in [-0.3, -0.25) is 0 Å². The first-order valence-electron chi connectivity index (χ1n) is 7.97. The van der Waals surface area contributed by atoms with E-state index in [1.54, 1.807) is 0 Å². The molecule has 1 fully saturated rings. The molecule has 1 N–H and O–H groups in total. The van der Waals surface area contributed by atoms with Crippen molar-refractivity contribution in [1.29, 1.82) is 0 Å². The summed E-state index contributed by atoms with van der Waals surface area (Å²) in [7, 11) is 0. The van der Waals surface area contributed by atoms with Crippen LogP contribution < -0.4 is 4.74 Å². The van der Waals surface area contributed by atoms with Crippen molar-refractivity contribution in [3.05, 3.63) is 29.3 Å². The molecule has 3 atom stereocenters. The molecule has 2 nitrogen and oxygen atoms in total. The van der Waals surface area contributed by atoms with Gasteiger partial charge in [0.15, 0.2) is 0 Å². The van der Waals surface area contributed by atoms with Gasteiger partial charge >= 0.3 is 0 Å². The van der Waals surface area contributed by atoms with E-state index in [1.807, 2.05) is 6.07 Å². The highest BCUT2D eigenvalue weighted by Gasteiger charge is 2.44. The molecule has 1 spiro atoms. The first-order chi connectivity index (χ1) is 9.49. The van der Waals surface area contributed by atoms with Crippen LogP contribution in [0, 0.1) is 18.8 Å². The Hall–Kier alpha value is -1.02. The van der Waals surface area contributed by atoms with E-state index in [1.165, 1.54) is 18.4 Å². The highest BCUT2D eigenvalue weighted by molar-refractivity contribution is 5.41. The van der Waals surface area contributed by atoms with Crippen LogP contribution in [-0.2, 0) is 0 Å². The zero-order valence-electron chi connectivity index (χ0n) is 12.9. The monoisotopic (exact) mass is 274 g/mol. The van der Waals surface area contributed by atoms with Crippen molar-refractivity contribution in [3.8, 4) is 5.75 Å². The SMILES string of the molecule is Cc1ccc2c(c1)C(O)CC1(CCCC(C(C)C)C1)O2. The van der Waals surface area contributed by atoms with Crippen molar-refractivity contribution in [2.24, 2.45) is 11.8 Å². The molecular weight excluding hydrogens is 248 g/mol. The minimum absolute atomic E-state index is 0.130. The minimum Gasteiger partial charge on any atom is -0.487 e. The molecule has 1 heterocycles. The van der Waals surface area contributed by atoms with Crippen molar-refractivity contribution in [2.75, 3.05) is 0 Å². The summed E-state index contributed by atoms with van der Waals surface area (Å²) in [4.78, 5) is 0. The number of hydrogen-bond acceptors (Lipinski definition) is 2. The fourth-order valence-electron chi connectivity index (χ4n) is 3.97. The highest BCUT2D eigenvalue weighted by atomic mass is 16.5. The molecule has 3 rings (SSSR count). The zero-order valence-corrected chi connectivity index (χ0v) is 12.9. The summed E-state index contributed by atoms with van der Waals surface area (Å²) in [6, 6.07) is 6.18. The zero-order chi connectivity index (χ0) is 14.3. The number of aliphatic hydroxyl groups excluding tert-OH is 1. The normalized spacial score (nSPS) is 33.0. The maximum absolute atomic E-state index is 10.5. The molecule has 0 saturated heterocycles. The van der Waals surface area contributed by atoms with Gasteiger partial charge in [0, 0.05) is 12.0 Å². The summed E-state index contributed by atoms with van der Waals surface area (Å²) in [5, 5.41) is 10.5. The van der Waals surface area contributed by atoms with E-state index in [2.05, 4.69) is 32.9 Å². The Morgan fingerprint density at radius 1 is 1.30 bits per heavy atom. The summed E-state index contributed by atoms with van der Waals surface area (Å²) in [6.45, 7) is 6.67. The molecule has 1 aliphatic carbocycles. The lowest BCUT2D eigenvalue weighted by Gasteiger charge is -2.46. The van der Waals surface area contributed by atoms with Gasteiger partial charge in [-0.25, -0.2) is 0 Å². The topological polar surface area (TPSA) is 29.5 Å². The summed E-state index contributed by atoms with van der Waals surface area (Å²) in [5.41, 5.74) is 2.03. The standard InChI is InChI=1S/C18H26O2/c1-12(2)14-5-4-8-18(10-14)11-16(19)15-9-13(3)6-7-17(15)20-18/h6-7,9,12,14,16,19H,4-5,8,10-11H2,1-3H3. The highest BCUT2D eigenvalue weighted by Crippen LogP contribution is 2.48. The van der Waals surface area contributed by atoms with Crippen LogP contribution in [0.1, 0.15) is 63.2 Å².